The third-order valence-electron chi connectivity index (χ3n) is 2.27. The van der Waals surface area contributed by atoms with Crippen LogP contribution in [0.3, 0.4) is 0 Å². The molecule has 2 amide bonds. The molecular formula is C12H14F3N3O2. The maximum absolute atomic E-state index is 12.7. The molecule has 0 atom stereocenters. The number of amides is 2. The zero-order valence-corrected chi connectivity index (χ0v) is 10.7. The van der Waals surface area contributed by atoms with Crippen LogP contribution in [0, 0.1) is 0 Å². The van der Waals surface area contributed by atoms with Crippen molar-refractivity contribution < 1.29 is 22.8 Å². The molecule has 0 saturated heterocycles. The normalized spacial score (nSPS) is 11.1. The number of hydrogen-bond acceptors (Lipinski definition) is 3. The molecule has 5 nitrogen and oxygen atoms in total. The van der Waals surface area contributed by atoms with E-state index in [1.807, 2.05) is 0 Å². The zero-order chi connectivity index (χ0) is 15.3. The minimum absolute atomic E-state index is 0.0924. The predicted octanol–water partition coefficient (Wildman–Crippen LogP) is 1.35. The lowest BCUT2D eigenvalue weighted by Crippen LogP contribution is -2.29. The molecule has 0 saturated carbocycles. The van der Waals surface area contributed by atoms with Crippen LogP contribution in [-0.4, -0.2) is 24.9 Å². The van der Waals surface area contributed by atoms with Gasteiger partial charge < -0.3 is 16.4 Å². The molecule has 0 unspecified atom stereocenters. The van der Waals surface area contributed by atoms with E-state index in [0.29, 0.717) is 0 Å². The molecule has 4 N–H and O–H groups in total. The van der Waals surface area contributed by atoms with Gasteiger partial charge in [0.2, 0.25) is 5.91 Å². The van der Waals surface area contributed by atoms with Gasteiger partial charge in [0.25, 0.3) is 5.91 Å². The van der Waals surface area contributed by atoms with Crippen LogP contribution < -0.4 is 16.4 Å². The Morgan fingerprint density at radius 3 is 2.40 bits per heavy atom. The van der Waals surface area contributed by atoms with Crippen LogP contribution in [0.1, 0.15) is 22.8 Å². The largest absolute Gasteiger partial charge is 0.416 e. The van der Waals surface area contributed by atoms with Crippen LogP contribution in [0.4, 0.5) is 18.9 Å². The molecule has 0 heterocycles. The van der Waals surface area contributed by atoms with Gasteiger partial charge in [0.15, 0.2) is 0 Å². The smallest absolute Gasteiger partial charge is 0.351 e. The van der Waals surface area contributed by atoms with Gasteiger partial charge >= 0.3 is 6.18 Å². The minimum Gasteiger partial charge on any atom is -0.351 e. The number of benzene rings is 1. The van der Waals surface area contributed by atoms with E-state index < -0.39 is 23.6 Å². The van der Waals surface area contributed by atoms with Crippen molar-refractivity contribution >= 4 is 17.5 Å². The summed E-state index contributed by atoms with van der Waals surface area (Å²) >= 11 is 0. The first-order valence-corrected chi connectivity index (χ1v) is 5.72. The molecule has 20 heavy (non-hydrogen) atoms. The fraction of sp³-hybridized carbons (Fsp3) is 0.333. The molecule has 1 aromatic carbocycles. The molecule has 8 heteroatoms. The van der Waals surface area contributed by atoms with Gasteiger partial charge in [-0.25, -0.2) is 0 Å². The second-order valence-corrected chi connectivity index (χ2v) is 4.02. The Kier molecular flexibility index (Phi) is 5.09. The summed E-state index contributed by atoms with van der Waals surface area (Å²) in [6.45, 7) is 1.47. The highest BCUT2D eigenvalue weighted by Crippen LogP contribution is 2.32. The molecular weight excluding hydrogens is 275 g/mol. The lowest BCUT2D eigenvalue weighted by molar-refractivity contribution is -0.137. The maximum atomic E-state index is 12.7. The molecule has 0 aromatic heterocycles. The number of alkyl halides is 3. The van der Waals surface area contributed by atoms with Gasteiger partial charge in [-0.3, -0.25) is 9.59 Å². The third-order valence-corrected chi connectivity index (χ3v) is 2.27. The van der Waals surface area contributed by atoms with Crippen molar-refractivity contribution in [1.29, 1.82) is 0 Å². The summed E-state index contributed by atoms with van der Waals surface area (Å²) in [5.74, 6) is -1.22. The van der Waals surface area contributed by atoms with E-state index in [9.17, 15) is 22.8 Å². The van der Waals surface area contributed by atoms with Gasteiger partial charge in [-0.05, 0) is 18.2 Å². The Hall–Kier alpha value is -2.09. The molecule has 110 valence electrons. The summed E-state index contributed by atoms with van der Waals surface area (Å²) < 4.78 is 38.2. The average molecular weight is 289 g/mol. The summed E-state index contributed by atoms with van der Waals surface area (Å²) in [4.78, 5) is 22.6. The molecule has 0 aliphatic carbocycles. The van der Waals surface area contributed by atoms with Crippen LogP contribution in [0.15, 0.2) is 18.2 Å². The summed E-state index contributed by atoms with van der Waals surface area (Å²) in [5.41, 5.74) is 3.90. The Bertz CT molecular complexity index is 515. The fourth-order valence-corrected chi connectivity index (χ4v) is 1.49. The van der Waals surface area contributed by atoms with Crippen molar-refractivity contribution in [3.8, 4) is 0 Å². The molecule has 0 aliphatic rings. The molecule has 0 aliphatic heterocycles. The third kappa shape index (κ3) is 4.54. The zero-order valence-electron chi connectivity index (χ0n) is 10.7. The summed E-state index contributed by atoms with van der Waals surface area (Å²) in [6.07, 6.45) is -4.61. The van der Waals surface area contributed by atoms with Crippen LogP contribution in [0.5, 0.6) is 0 Å². The highest BCUT2D eigenvalue weighted by Gasteiger charge is 2.31. The van der Waals surface area contributed by atoms with Gasteiger partial charge in [-0.2, -0.15) is 13.2 Å². The second-order valence-electron chi connectivity index (χ2n) is 4.02. The quantitative estimate of drug-likeness (QED) is 0.782. The fourth-order valence-electron chi connectivity index (χ4n) is 1.49. The Balaban J connectivity index is 3.16. The monoisotopic (exact) mass is 289 g/mol. The van der Waals surface area contributed by atoms with Crippen LogP contribution in [0.25, 0.3) is 0 Å². The van der Waals surface area contributed by atoms with Crippen molar-refractivity contribution in [2.45, 2.75) is 13.1 Å². The molecule has 0 fully saturated rings. The van der Waals surface area contributed by atoms with Crippen molar-refractivity contribution in [3.05, 3.63) is 29.3 Å². The number of nitrogens with one attached hydrogen (secondary N) is 2. The van der Waals surface area contributed by atoms with Crippen LogP contribution >= 0.6 is 0 Å². The molecule has 0 spiro atoms. The van der Waals surface area contributed by atoms with Gasteiger partial charge in [-0.1, -0.05) is 0 Å². The van der Waals surface area contributed by atoms with E-state index in [1.54, 1.807) is 0 Å². The minimum atomic E-state index is -4.61. The molecule has 0 bridgehead atoms. The number of rotatable bonds is 4. The number of anilines is 1. The average Bonchev–Trinajstić information content (AvgIpc) is 2.33. The number of carbonyl (C=O) groups excluding carboxylic acids is 2. The van der Waals surface area contributed by atoms with Crippen molar-refractivity contribution in [2.75, 3.05) is 18.4 Å². The lowest BCUT2D eigenvalue weighted by Gasteiger charge is -2.12. The van der Waals surface area contributed by atoms with Gasteiger partial charge in [0.05, 0.1) is 5.56 Å². The highest BCUT2D eigenvalue weighted by molar-refractivity contribution is 5.97. The highest BCUT2D eigenvalue weighted by atomic mass is 19.4. The first kappa shape index (κ1) is 16.0. The predicted molar refractivity (Wildman–Crippen MR) is 67.1 cm³/mol. The van der Waals surface area contributed by atoms with Crippen molar-refractivity contribution in [2.24, 2.45) is 5.73 Å². The Labute approximate surface area is 113 Å². The number of carbonyl (C=O) groups is 2. The van der Waals surface area contributed by atoms with Crippen molar-refractivity contribution in [1.82, 2.24) is 5.32 Å². The van der Waals surface area contributed by atoms with Gasteiger partial charge in [-0.15, -0.1) is 0 Å². The summed E-state index contributed by atoms with van der Waals surface area (Å²) in [7, 11) is 0. The number of nitrogens with two attached hydrogens (primary N) is 1. The second kappa shape index (κ2) is 6.38. The number of halogens is 3. The van der Waals surface area contributed by atoms with E-state index in [0.717, 1.165) is 19.1 Å². The Morgan fingerprint density at radius 1 is 1.25 bits per heavy atom. The van der Waals surface area contributed by atoms with E-state index >= 15 is 0 Å². The summed E-state index contributed by atoms with van der Waals surface area (Å²) in [6, 6.07) is 2.65. The van der Waals surface area contributed by atoms with E-state index in [2.05, 4.69) is 10.6 Å². The molecule has 0 radical (unpaired) electrons. The topological polar surface area (TPSA) is 84.2 Å². The van der Waals surface area contributed by atoms with Crippen molar-refractivity contribution in [3.63, 3.8) is 0 Å². The lowest BCUT2D eigenvalue weighted by atomic mass is 10.1. The molecule has 1 aromatic rings. The van der Waals surface area contributed by atoms with E-state index in [1.165, 1.54) is 6.07 Å². The van der Waals surface area contributed by atoms with Gasteiger partial charge in [0.1, 0.15) is 0 Å². The van der Waals surface area contributed by atoms with Gasteiger partial charge in [0, 0.05) is 31.3 Å². The Morgan fingerprint density at radius 2 is 1.90 bits per heavy atom. The summed E-state index contributed by atoms with van der Waals surface area (Å²) in [5, 5.41) is 4.59. The standard InChI is InChI=1S/C12H14F3N3O2/c1-7(19)18-10-5-8(11(20)17-3-2-16)4-9(6-10)12(13,14)15/h4-6H,2-3,16H2,1H3,(H,17,20)(H,18,19). The first-order valence-electron chi connectivity index (χ1n) is 5.72. The van der Waals surface area contributed by atoms with E-state index in [4.69, 9.17) is 5.73 Å². The number of hydrogen-bond donors (Lipinski definition) is 3. The maximum Gasteiger partial charge on any atom is 0.416 e. The molecule has 1 rings (SSSR count). The van der Waals surface area contributed by atoms with E-state index in [-0.39, 0.29) is 24.3 Å². The van der Waals surface area contributed by atoms with Crippen LogP contribution in [0.2, 0.25) is 0 Å². The first-order chi connectivity index (χ1) is 9.24. The van der Waals surface area contributed by atoms with Crippen LogP contribution in [-0.2, 0) is 11.0 Å². The SMILES string of the molecule is CC(=O)Nc1cc(C(=O)NCCN)cc(C(F)(F)F)c1.